The molecule has 2 aromatic carbocycles. The molecule has 0 aliphatic carbocycles. The SMILES string of the molecule is Cc1nc2c(S(=O)(=O)c3ccc4[nH]c(=O)c(=O)[nH]c4c3)cccc2[nH]1. The molecule has 0 saturated carbocycles. The highest BCUT2D eigenvalue weighted by atomic mass is 32.2. The fourth-order valence-electron chi connectivity index (χ4n) is 2.73. The monoisotopic (exact) mass is 356 g/mol. The molecule has 2 heterocycles. The molecule has 0 saturated heterocycles. The van der Waals surface area contributed by atoms with Gasteiger partial charge in [-0.15, -0.1) is 0 Å². The zero-order valence-corrected chi connectivity index (χ0v) is 13.8. The number of aryl methyl sites for hydroxylation is 1. The van der Waals surface area contributed by atoms with E-state index in [0.717, 1.165) is 0 Å². The Morgan fingerprint density at radius 2 is 1.60 bits per heavy atom. The van der Waals surface area contributed by atoms with E-state index in [1.54, 1.807) is 19.1 Å². The summed E-state index contributed by atoms with van der Waals surface area (Å²) in [5, 5.41) is 0. The second-order valence-electron chi connectivity index (χ2n) is 5.59. The third-order valence-corrected chi connectivity index (χ3v) is 5.67. The van der Waals surface area contributed by atoms with Crippen LogP contribution in [0.4, 0.5) is 0 Å². The van der Waals surface area contributed by atoms with Crippen LogP contribution in [0.25, 0.3) is 22.1 Å². The van der Waals surface area contributed by atoms with Gasteiger partial charge in [-0.2, -0.15) is 0 Å². The largest absolute Gasteiger partial charge is 0.342 e. The molecular weight excluding hydrogens is 344 g/mol. The minimum atomic E-state index is -3.86. The van der Waals surface area contributed by atoms with E-state index in [1.807, 2.05) is 0 Å². The van der Waals surface area contributed by atoms with Crippen LogP contribution in [0.15, 0.2) is 55.8 Å². The molecular formula is C16H12N4O4S. The van der Waals surface area contributed by atoms with Gasteiger partial charge in [0.2, 0.25) is 9.84 Å². The van der Waals surface area contributed by atoms with Crippen LogP contribution < -0.4 is 11.1 Å². The highest BCUT2D eigenvalue weighted by molar-refractivity contribution is 7.91. The third kappa shape index (κ3) is 2.36. The smallest absolute Gasteiger partial charge is 0.314 e. The minimum Gasteiger partial charge on any atom is -0.342 e. The molecule has 0 unspecified atom stereocenters. The van der Waals surface area contributed by atoms with Crippen molar-refractivity contribution in [3.8, 4) is 0 Å². The molecule has 4 rings (SSSR count). The fourth-order valence-corrected chi connectivity index (χ4v) is 4.18. The van der Waals surface area contributed by atoms with Crippen molar-refractivity contribution >= 4 is 31.9 Å². The van der Waals surface area contributed by atoms with Crippen molar-refractivity contribution in [2.24, 2.45) is 0 Å². The molecule has 25 heavy (non-hydrogen) atoms. The van der Waals surface area contributed by atoms with E-state index in [9.17, 15) is 18.0 Å². The lowest BCUT2D eigenvalue weighted by molar-refractivity contribution is 0.597. The molecule has 0 bridgehead atoms. The number of aromatic nitrogens is 4. The molecule has 9 heteroatoms. The van der Waals surface area contributed by atoms with Gasteiger partial charge >= 0.3 is 11.1 Å². The molecule has 0 amide bonds. The van der Waals surface area contributed by atoms with Gasteiger partial charge < -0.3 is 15.0 Å². The number of para-hydroxylation sites is 1. The lowest BCUT2D eigenvalue weighted by Gasteiger charge is -2.06. The fraction of sp³-hybridized carbons (Fsp3) is 0.0625. The zero-order chi connectivity index (χ0) is 17.8. The summed E-state index contributed by atoms with van der Waals surface area (Å²) in [5.41, 5.74) is -0.0764. The summed E-state index contributed by atoms with van der Waals surface area (Å²) < 4.78 is 26.1. The predicted octanol–water partition coefficient (Wildman–Crippen LogP) is 1.23. The Morgan fingerprint density at radius 1 is 0.880 bits per heavy atom. The van der Waals surface area contributed by atoms with Crippen LogP contribution in [0.3, 0.4) is 0 Å². The number of hydrogen-bond donors (Lipinski definition) is 3. The molecule has 0 aliphatic heterocycles. The number of hydrogen-bond acceptors (Lipinski definition) is 5. The van der Waals surface area contributed by atoms with Gasteiger partial charge in [-0.3, -0.25) is 9.59 Å². The van der Waals surface area contributed by atoms with E-state index in [0.29, 0.717) is 22.4 Å². The number of H-pyrrole nitrogens is 3. The molecule has 4 aromatic rings. The van der Waals surface area contributed by atoms with Gasteiger partial charge in [0, 0.05) is 0 Å². The average Bonchev–Trinajstić information content (AvgIpc) is 2.95. The van der Waals surface area contributed by atoms with Crippen molar-refractivity contribution in [3.05, 3.63) is 62.9 Å². The van der Waals surface area contributed by atoms with Crippen molar-refractivity contribution in [2.75, 3.05) is 0 Å². The number of fused-ring (bicyclic) bond motifs is 2. The number of aromatic amines is 3. The number of benzene rings is 2. The van der Waals surface area contributed by atoms with E-state index in [1.165, 1.54) is 24.3 Å². The van der Waals surface area contributed by atoms with E-state index in [-0.39, 0.29) is 15.3 Å². The molecule has 0 atom stereocenters. The summed E-state index contributed by atoms with van der Waals surface area (Å²) >= 11 is 0. The Hall–Kier alpha value is -3.20. The molecule has 8 nitrogen and oxygen atoms in total. The zero-order valence-electron chi connectivity index (χ0n) is 13.0. The van der Waals surface area contributed by atoms with Crippen LogP contribution in [0.2, 0.25) is 0 Å². The second-order valence-corrected chi connectivity index (χ2v) is 7.51. The van der Waals surface area contributed by atoms with Crippen LogP contribution in [-0.2, 0) is 9.84 Å². The summed E-state index contributed by atoms with van der Waals surface area (Å²) in [6.45, 7) is 1.74. The summed E-state index contributed by atoms with van der Waals surface area (Å²) in [7, 11) is -3.86. The van der Waals surface area contributed by atoms with E-state index < -0.39 is 21.0 Å². The van der Waals surface area contributed by atoms with Gasteiger partial charge in [0.15, 0.2) is 0 Å². The highest BCUT2D eigenvalue weighted by Gasteiger charge is 2.22. The first kappa shape index (κ1) is 15.3. The lowest BCUT2D eigenvalue weighted by Crippen LogP contribution is -2.28. The highest BCUT2D eigenvalue weighted by Crippen LogP contribution is 2.28. The Labute approximate surface area is 140 Å². The Balaban J connectivity index is 1.98. The van der Waals surface area contributed by atoms with Gasteiger partial charge in [-0.25, -0.2) is 13.4 Å². The summed E-state index contributed by atoms with van der Waals surface area (Å²) in [6, 6.07) is 9.00. The molecule has 0 radical (unpaired) electrons. The molecule has 0 fully saturated rings. The minimum absolute atomic E-state index is 0.00384. The van der Waals surface area contributed by atoms with Crippen molar-refractivity contribution in [2.45, 2.75) is 16.7 Å². The Kier molecular flexibility index (Phi) is 3.16. The molecule has 0 spiro atoms. The van der Waals surface area contributed by atoms with Crippen LogP contribution in [0.1, 0.15) is 5.82 Å². The van der Waals surface area contributed by atoms with Crippen molar-refractivity contribution in [1.82, 2.24) is 19.9 Å². The summed E-state index contributed by atoms with van der Waals surface area (Å²) in [6.07, 6.45) is 0. The first-order valence-electron chi connectivity index (χ1n) is 7.33. The summed E-state index contributed by atoms with van der Waals surface area (Å²) in [5.74, 6) is 0.609. The van der Waals surface area contributed by atoms with Crippen molar-refractivity contribution < 1.29 is 8.42 Å². The average molecular weight is 356 g/mol. The first-order valence-corrected chi connectivity index (χ1v) is 8.81. The number of rotatable bonds is 2. The molecule has 3 N–H and O–H groups in total. The second kappa shape index (κ2) is 5.15. The van der Waals surface area contributed by atoms with Crippen LogP contribution in [0, 0.1) is 6.92 Å². The van der Waals surface area contributed by atoms with Gasteiger partial charge in [0.05, 0.1) is 26.3 Å². The number of nitrogens with zero attached hydrogens (tertiary/aromatic N) is 1. The van der Waals surface area contributed by atoms with E-state index in [2.05, 4.69) is 19.9 Å². The van der Waals surface area contributed by atoms with E-state index >= 15 is 0 Å². The Bertz CT molecular complexity index is 1360. The van der Waals surface area contributed by atoms with Crippen molar-refractivity contribution in [3.63, 3.8) is 0 Å². The van der Waals surface area contributed by atoms with E-state index in [4.69, 9.17) is 0 Å². The number of imidazole rings is 1. The first-order chi connectivity index (χ1) is 11.9. The maximum atomic E-state index is 13.0. The topological polar surface area (TPSA) is 129 Å². The van der Waals surface area contributed by atoms with Gasteiger partial charge in [-0.05, 0) is 37.3 Å². The third-order valence-electron chi connectivity index (χ3n) is 3.89. The van der Waals surface area contributed by atoms with Crippen LogP contribution in [-0.4, -0.2) is 28.4 Å². The predicted molar refractivity (Wildman–Crippen MR) is 91.5 cm³/mol. The molecule has 0 aliphatic rings. The maximum absolute atomic E-state index is 13.0. The molecule has 126 valence electrons. The van der Waals surface area contributed by atoms with Crippen LogP contribution in [0.5, 0.6) is 0 Å². The number of sulfone groups is 1. The Morgan fingerprint density at radius 3 is 2.36 bits per heavy atom. The standard InChI is InChI=1S/C16H12N4O4S/c1-8-17-11-3-2-4-13(14(11)18-8)25(23,24)9-5-6-10-12(7-9)20-16(22)15(21)19-10/h2-7H,1H3,(H,17,18)(H,19,21)(H,20,22). The van der Waals surface area contributed by atoms with Crippen LogP contribution >= 0.6 is 0 Å². The van der Waals surface area contributed by atoms with Gasteiger partial charge in [0.1, 0.15) is 11.3 Å². The molecule has 2 aromatic heterocycles. The van der Waals surface area contributed by atoms with Crippen molar-refractivity contribution in [1.29, 1.82) is 0 Å². The maximum Gasteiger partial charge on any atom is 0.314 e. The summed E-state index contributed by atoms with van der Waals surface area (Å²) in [4.78, 5) is 34.9. The lowest BCUT2D eigenvalue weighted by atomic mass is 10.3. The number of nitrogens with one attached hydrogen (secondary N) is 3. The normalized spacial score (nSPS) is 12.0. The quantitative estimate of drug-likeness (QED) is 0.465. The van der Waals surface area contributed by atoms with Gasteiger partial charge in [0.25, 0.3) is 0 Å². The van der Waals surface area contributed by atoms with Gasteiger partial charge in [-0.1, -0.05) is 6.07 Å².